The van der Waals surface area contributed by atoms with Crippen LogP contribution in [0.1, 0.15) is 17.0 Å². The lowest BCUT2D eigenvalue weighted by molar-refractivity contribution is -0.137. The van der Waals surface area contributed by atoms with Crippen molar-refractivity contribution in [1.29, 1.82) is 0 Å². The second-order valence-corrected chi connectivity index (χ2v) is 7.76. The standard InChI is InChI=1S/C22H21F3N4O2S/c1-3-11-29-19(13-31-18-9-7-15(2)8-10-18)27-28-21(29)32-14-20(30)26-17-6-4-5-16(12-17)22(23,24)25/h3-10,12H,1,11,13-14H2,2H3,(H,26,30). The summed E-state index contributed by atoms with van der Waals surface area (Å²) in [5.74, 6) is 0.745. The Morgan fingerprint density at radius 1 is 1.22 bits per heavy atom. The molecule has 0 radical (unpaired) electrons. The molecular weight excluding hydrogens is 441 g/mol. The fraction of sp³-hybridized carbons (Fsp3) is 0.227. The van der Waals surface area contributed by atoms with E-state index in [-0.39, 0.29) is 18.0 Å². The van der Waals surface area contributed by atoms with E-state index in [2.05, 4.69) is 22.1 Å². The largest absolute Gasteiger partial charge is 0.486 e. The number of allylic oxidation sites excluding steroid dienone is 1. The molecule has 0 saturated carbocycles. The van der Waals surface area contributed by atoms with Crippen molar-refractivity contribution in [2.24, 2.45) is 0 Å². The summed E-state index contributed by atoms with van der Waals surface area (Å²) in [7, 11) is 0. The summed E-state index contributed by atoms with van der Waals surface area (Å²) in [6, 6.07) is 12.1. The summed E-state index contributed by atoms with van der Waals surface area (Å²) in [5.41, 5.74) is 0.367. The average Bonchev–Trinajstić information content (AvgIpc) is 3.13. The zero-order valence-corrected chi connectivity index (χ0v) is 18.0. The van der Waals surface area contributed by atoms with Crippen LogP contribution in [0.4, 0.5) is 18.9 Å². The van der Waals surface area contributed by atoms with Crippen LogP contribution in [0, 0.1) is 6.92 Å². The van der Waals surface area contributed by atoms with Crippen molar-refractivity contribution in [3.05, 3.63) is 78.1 Å². The van der Waals surface area contributed by atoms with Gasteiger partial charge in [0.25, 0.3) is 0 Å². The van der Waals surface area contributed by atoms with Gasteiger partial charge in [-0.3, -0.25) is 9.36 Å². The van der Waals surface area contributed by atoms with Gasteiger partial charge in [0.05, 0.1) is 11.3 Å². The summed E-state index contributed by atoms with van der Waals surface area (Å²) in [4.78, 5) is 12.2. The Morgan fingerprint density at radius 2 is 1.97 bits per heavy atom. The third kappa shape index (κ3) is 6.36. The van der Waals surface area contributed by atoms with Crippen LogP contribution in [-0.4, -0.2) is 26.4 Å². The molecule has 2 aromatic carbocycles. The van der Waals surface area contributed by atoms with E-state index >= 15 is 0 Å². The van der Waals surface area contributed by atoms with E-state index in [1.807, 2.05) is 31.2 Å². The molecule has 168 valence electrons. The molecule has 1 N–H and O–H groups in total. The number of nitrogens with one attached hydrogen (secondary N) is 1. The molecule has 32 heavy (non-hydrogen) atoms. The van der Waals surface area contributed by atoms with Gasteiger partial charge in [0.15, 0.2) is 11.0 Å². The molecular formula is C22H21F3N4O2S. The van der Waals surface area contributed by atoms with Gasteiger partial charge in [0, 0.05) is 12.2 Å². The van der Waals surface area contributed by atoms with Crippen molar-refractivity contribution in [3.63, 3.8) is 0 Å². The van der Waals surface area contributed by atoms with Gasteiger partial charge >= 0.3 is 6.18 Å². The lowest BCUT2D eigenvalue weighted by Crippen LogP contribution is -2.15. The number of anilines is 1. The normalized spacial score (nSPS) is 11.2. The molecule has 3 rings (SSSR count). The maximum atomic E-state index is 12.8. The van der Waals surface area contributed by atoms with E-state index in [1.54, 1.807) is 10.6 Å². The number of benzene rings is 2. The first-order valence-corrected chi connectivity index (χ1v) is 10.6. The second-order valence-electron chi connectivity index (χ2n) is 6.82. The summed E-state index contributed by atoms with van der Waals surface area (Å²) in [6.07, 6.45) is -2.81. The molecule has 0 aliphatic heterocycles. The zero-order valence-electron chi connectivity index (χ0n) is 17.2. The SMILES string of the molecule is C=CCn1c(COc2ccc(C)cc2)nnc1SCC(=O)Nc1cccc(C(F)(F)F)c1. The Balaban J connectivity index is 1.61. The van der Waals surface area contributed by atoms with Gasteiger partial charge in [0.1, 0.15) is 12.4 Å². The molecule has 3 aromatic rings. The first-order chi connectivity index (χ1) is 15.3. The molecule has 0 atom stereocenters. The minimum atomic E-state index is -4.48. The Morgan fingerprint density at radius 3 is 2.66 bits per heavy atom. The molecule has 0 aliphatic rings. The van der Waals surface area contributed by atoms with Crippen molar-refractivity contribution in [1.82, 2.24) is 14.8 Å². The molecule has 10 heteroatoms. The number of ether oxygens (including phenoxy) is 1. The highest BCUT2D eigenvalue weighted by molar-refractivity contribution is 7.99. The topological polar surface area (TPSA) is 69.0 Å². The van der Waals surface area contributed by atoms with Crippen molar-refractivity contribution in [3.8, 4) is 5.75 Å². The Kier molecular flexibility index (Phi) is 7.57. The van der Waals surface area contributed by atoms with Gasteiger partial charge in [-0.2, -0.15) is 13.2 Å². The van der Waals surface area contributed by atoms with Gasteiger partial charge in [-0.15, -0.1) is 16.8 Å². The fourth-order valence-electron chi connectivity index (χ4n) is 2.73. The maximum absolute atomic E-state index is 12.8. The van der Waals surface area contributed by atoms with Crippen LogP contribution in [0.3, 0.4) is 0 Å². The average molecular weight is 462 g/mol. The molecule has 0 saturated heterocycles. The number of aryl methyl sites for hydroxylation is 1. The van der Waals surface area contributed by atoms with E-state index < -0.39 is 17.6 Å². The smallest absolute Gasteiger partial charge is 0.416 e. The number of thioether (sulfide) groups is 1. The van der Waals surface area contributed by atoms with Gasteiger partial charge in [-0.1, -0.05) is 41.6 Å². The highest BCUT2D eigenvalue weighted by Crippen LogP contribution is 2.30. The number of alkyl halides is 3. The Bertz CT molecular complexity index is 1080. The van der Waals surface area contributed by atoms with Crippen LogP contribution in [0.15, 0.2) is 66.3 Å². The van der Waals surface area contributed by atoms with E-state index in [4.69, 9.17) is 4.74 Å². The molecule has 1 heterocycles. The van der Waals surface area contributed by atoms with Crippen LogP contribution >= 0.6 is 11.8 Å². The van der Waals surface area contributed by atoms with Crippen molar-refractivity contribution < 1.29 is 22.7 Å². The quantitative estimate of drug-likeness (QED) is 0.354. The molecule has 6 nitrogen and oxygen atoms in total. The Hall–Kier alpha value is -3.27. The van der Waals surface area contributed by atoms with E-state index in [1.165, 1.54) is 12.1 Å². The van der Waals surface area contributed by atoms with Crippen LogP contribution in [0.2, 0.25) is 0 Å². The fourth-order valence-corrected chi connectivity index (χ4v) is 3.49. The predicted octanol–water partition coefficient (Wildman–Crippen LogP) is 5.10. The third-order valence-corrected chi connectivity index (χ3v) is 5.27. The maximum Gasteiger partial charge on any atom is 0.416 e. The molecule has 0 fully saturated rings. The summed E-state index contributed by atoms with van der Waals surface area (Å²) >= 11 is 1.12. The van der Waals surface area contributed by atoms with E-state index in [0.717, 1.165) is 29.5 Å². The van der Waals surface area contributed by atoms with Crippen molar-refractivity contribution in [2.75, 3.05) is 11.1 Å². The van der Waals surface area contributed by atoms with Gasteiger partial charge in [0.2, 0.25) is 5.91 Å². The van der Waals surface area contributed by atoms with E-state index in [0.29, 0.717) is 23.3 Å². The highest BCUT2D eigenvalue weighted by atomic mass is 32.2. The molecule has 0 aliphatic carbocycles. The van der Waals surface area contributed by atoms with Crippen LogP contribution < -0.4 is 10.1 Å². The van der Waals surface area contributed by atoms with Crippen molar-refractivity contribution in [2.45, 2.75) is 31.4 Å². The lowest BCUT2D eigenvalue weighted by Gasteiger charge is -2.10. The van der Waals surface area contributed by atoms with Gasteiger partial charge in [-0.05, 0) is 37.3 Å². The van der Waals surface area contributed by atoms with E-state index in [9.17, 15) is 18.0 Å². The number of carbonyl (C=O) groups is 1. The van der Waals surface area contributed by atoms with Gasteiger partial charge in [-0.25, -0.2) is 0 Å². The number of nitrogens with zero attached hydrogens (tertiary/aromatic N) is 3. The first kappa shape index (κ1) is 23.4. The highest BCUT2D eigenvalue weighted by Gasteiger charge is 2.30. The summed E-state index contributed by atoms with van der Waals surface area (Å²) in [5, 5.41) is 11.2. The number of aromatic nitrogens is 3. The number of halogens is 3. The summed E-state index contributed by atoms with van der Waals surface area (Å²) in [6.45, 7) is 6.31. The third-order valence-electron chi connectivity index (χ3n) is 4.30. The number of carbonyl (C=O) groups excluding carboxylic acids is 1. The van der Waals surface area contributed by atoms with Crippen LogP contribution in [0.25, 0.3) is 0 Å². The van der Waals surface area contributed by atoms with Crippen LogP contribution in [-0.2, 0) is 24.1 Å². The number of rotatable bonds is 9. The zero-order chi connectivity index (χ0) is 23.1. The minimum absolute atomic E-state index is 0.0512. The number of amides is 1. The summed E-state index contributed by atoms with van der Waals surface area (Å²) < 4.78 is 46.0. The molecule has 1 amide bonds. The predicted molar refractivity (Wildman–Crippen MR) is 117 cm³/mol. The van der Waals surface area contributed by atoms with Gasteiger partial charge < -0.3 is 10.1 Å². The lowest BCUT2D eigenvalue weighted by atomic mass is 10.2. The monoisotopic (exact) mass is 462 g/mol. The van der Waals surface area contributed by atoms with Crippen LogP contribution in [0.5, 0.6) is 5.75 Å². The number of hydrogen-bond acceptors (Lipinski definition) is 5. The Labute approximate surface area is 187 Å². The molecule has 0 bridgehead atoms. The molecule has 0 unspecified atom stereocenters. The first-order valence-electron chi connectivity index (χ1n) is 9.58. The molecule has 1 aromatic heterocycles. The van der Waals surface area contributed by atoms with Crippen molar-refractivity contribution >= 4 is 23.4 Å². The molecule has 0 spiro atoms. The minimum Gasteiger partial charge on any atom is -0.486 e. The second kappa shape index (κ2) is 10.4. The number of hydrogen-bond donors (Lipinski definition) is 1.